The van der Waals surface area contributed by atoms with Crippen molar-refractivity contribution in [3.63, 3.8) is 0 Å². The number of nitrogens with one attached hydrogen (secondary N) is 1. The zero-order valence-corrected chi connectivity index (χ0v) is 13.2. The molecule has 2 aliphatic rings. The first-order valence-corrected chi connectivity index (χ1v) is 8.08. The van der Waals surface area contributed by atoms with Crippen molar-refractivity contribution in [2.75, 3.05) is 7.11 Å². The molecule has 0 saturated carbocycles. The van der Waals surface area contributed by atoms with Gasteiger partial charge in [0.25, 0.3) is 5.24 Å². The molecule has 2 unspecified atom stereocenters. The zero-order chi connectivity index (χ0) is 15.8. The highest BCUT2D eigenvalue weighted by Crippen LogP contribution is 2.42. The molecule has 2 aliphatic heterocycles. The molecule has 0 bridgehead atoms. The number of benzene rings is 2. The van der Waals surface area contributed by atoms with E-state index in [0.29, 0.717) is 11.6 Å². The monoisotopic (exact) mass is 326 g/mol. The number of ether oxygens (including phenoxy) is 2. The Morgan fingerprint density at radius 2 is 1.96 bits per heavy atom. The maximum absolute atomic E-state index is 11.8. The van der Waals surface area contributed by atoms with E-state index in [0.717, 1.165) is 17.0 Å². The molecule has 0 aliphatic carbocycles. The number of hydrogen-bond donors (Lipinski definition) is 1. The first-order chi connectivity index (χ1) is 11.2. The van der Waals surface area contributed by atoms with E-state index in [9.17, 15) is 4.79 Å². The average Bonchev–Trinajstić information content (AvgIpc) is 2.87. The highest BCUT2D eigenvalue weighted by Gasteiger charge is 2.40. The van der Waals surface area contributed by atoms with Crippen LogP contribution < -0.4 is 14.8 Å². The number of rotatable bonds is 2. The van der Waals surface area contributed by atoms with E-state index in [1.165, 1.54) is 11.8 Å². The molecular weight excluding hydrogens is 312 g/mol. The SMILES string of the molecule is COc1ccc(C2Oc3ccccc3N=C3NC(=O)SC32)cc1. The summed E-state index contributed by atoms with van der Waals surface area (Å²) in [6.45, 7) is 0. The zero-order valence-electron chi connectivity index (χ0n) is 12.4. The molecule has 116 valence electrons. The molecule has 6 heteroatoms. The number of carbonyl (C=O) groups is 1. The number of amides is 1. The molecule has 0 radical (unpaired) electrons. The number of methoxy groups -OCH3 is 1. The summed E-state index contributed by atoms with van der Waals surface area (Å²) in [7, 11) is 1.63. The first-order valence-electron chi connectivity index (χ1n) is 7.20. The van der Waals surface area contributed by atoms with Gasteiger partial charge in [-0.2, -0.15) is 0 Å². The third-order valence-corrected chi connectivity index (χ3v) is 4.85. The fourth-order valence-electron chi connectivity index (χ4n) is 2.69. The summed E-state index contributed by atoms with van der Waals surface area (Å²) in [4.78, 5) is 16.4. The average molecular weight is 326 g/mol. The Morgan fingerprint density at radius 1 is 1.17 bits per heavy atom. The normalized spacial score (nSPS) is 22.1. The van der Waals surface area contributed by atoms with Crippen LogP contribution in [-0.4, -0.2) is 23.4 Å². The molecule has 2 aromatic rings. The lowest BCUT2D eigenvalue weighted by Crippen LogP contribution is -2.30. The molecule has 2 heterocycles. The highest BCUT2D eigenvalue weighted by molar-refractivity contribution is 8.15. The van der Waals surface area contributed by atoms with E-state index >= 15 is 0 Å². The van der Waals surface area contributed by atoms with Crippen molar-refractivity contribution >= 4 is 28.5 Å². The fraction of sp³-hybridized carbons (Fsp3) is 0.176. The van der Waals surface area contributed by atoms with Crippen molar-refractivity contribution in [3.8, 4) is 11.5 Å². The number of aliphatic imine (C=N–C) groups is 1. The van der Waals surface area contributed by atoms with E-state index in [4.69, 9.17) is 9.47 Å². The van der Waals surface area contributed by atoms with E-state index in [1.54, 1.807) is 7.11 Å². The van der Waals surface area contributed by atoms with E-state index in [1.807, 2.05) is 48.5 Å². The summed E-state index contributed by atoms with van der Waals surface area (Å²) in [6.07, 6.45) is -0.299. The minimum atomic E-state index is -0.299. The number of thioether (sulfide) groups is 1. The van der Waals surface area contributed by atoms with Crippen molar-refractivity contribution < 1.29 is 14.3 Å². The lowest BCUT2D eigenvalue weighted by molar-refractivity contribution is 0.222. The summed E-state index contributed by atoms with van der Waals surface area (Å²) >= 11 is 1.21. The number of amidine groups is 1. The van der Waals surface area contributed by atoms with Gasteiger partial charge in [0.05, 0.1) is 7.11 Å². The second kappa shape index (κ2) is 5.62. The first kappa shape index (κ1) is 14.1. The highest BCUT2D eigenvalue weighted by atomic mass is 32.2. The minimum absolute atomic E-state index is 0.102. The summed E-state index contributed by atoms with van der Waals surface area (Å²) in [5.41, 5.74) is 1.70. The molecule has 5 nitrogen and oxygen atoms in total. The summed E-state index contributed by atoms with van der Waals surface area (Å²) in [6, 6.07) is 15.3. The Kier molecular flexibility index (Phi) is 3.46. The van der Waals surface area contributed by atoms with Crippen LogP contribution in [-0.2, 0) is 0 Å². The quantitative estimate of drug-likeness (QED) is 0.914. The topological polar surface area (TPSA) is 59.9 Å². The molecule has 1 saturated heterocycles. The second-order valence-corrected chi connectivity index (χ2v) is 6.34. The Labute approximate surface area is 137 Å². The largest absolute Gasteiger partial charge is 0.497 e. The van der Waals surface area contributed by atoms with Gasteiger partial charge in [0.2, 0.25) is 0 Å². The van der Waals surface area contributed by atoms with Crippen LogP contribution in [0.2, 0.25) is 0 Å². The number of para-hydroxylation sites is 2. The fourth-order valence-corrected chi connectivity index (χ4v) is 3.64. The Hall–Kier alpha value is -2.47. The van der Waals surface area contributed by atoms with Crippen LogP contribution in [0.1, 0.15) is 11.7 Å². The molecule has 1 N–H and O–H groups in total. The predicted molar refractivity (Wildman–Crippen MR) is 89.8 cm³/mol. The van der Waals surface area contributed by atoms with Gasteiger partial charge in [0, 0.05) is 0 Å². The van der Waals surface area contributed by atoms with Gasteiger partial charge in [-0.3, -0.25) is 4.79 Å². The van der Waals surface area contributed by atoms with Crippen LogP contribution in [0.25, 0.3) is 0 Å². The van der Waals surface area contributed by atoms with E-state index in [-0.39, 0.29) is 16.6 Å². The van der Waals surface area contributed by atoms with Crippen LogP contribution in [0.4, 0.5) is 10.5 Å². The van der Waals surface area contributed by atoms with Crippen molar-refractivity contribution in [2.45, 2.75) is 11.4 Å². The van der Waals surface area contributed by atoms with Crippen molar-refractivity contribution in [2.24, 2.45) is 4.99 Å². The van der Waals surface area contributed by atoms with Crippen molar-refractivity contribution in [1.29, 1.82) is 0 Å². The maximum atomic E-state index is 11.8. The summed E-state index contributed by atoms with van der Waals surface area (Å²) in [5, 5.41) is 2.54. The van der Waals surface area contributed by atoms with Crippen LogP contribution in [0.3, 0.4) is 0 Å². The molecule has 2 atom stereocenters. The number of carbonyl (C=O) groups excluding carboxylic acids is 1. The van der Waals surface area contributed by atoms with Crippen molar-refractivity contribution in [1.82, 2.24) is 5.32 Å². The molecule has 1 amide bonds. The molecule has 23 heavy (non-hydrogen) atoms. The van der Waals surface area contributed by atoms with Gasteiger partial charge in [-0.1, -0.05) is 24.3 Å². The van der Waals surface area contributed by atoms with Gasteiger partial charge in [-0.25, -0.2) is 4.99 Å². The van der Waals surface area contributed by atoms with Gasteiger partial charge in [-0.05, 0) is 41.6 Å². The van der Waals surface area contributed by atoms with Crippen LogP contribution in [0, 0.1) is 0 Å². The van der Waals surface area contributed by atoms with Gasteiger partial charge < -0.3 is 14.8 Å². The van der Waals surface area contributed by atoms with Crippen LogP contribution in [0.15, 0.2) is 53.5 Å². The van der Waals surface area contributed by atoms with Gasteiger partial charge in [-0.15, -0.1) is 0 Å². The standard InChI is InChI=1S/C17H14N2O3S/c1-21-11-8-6-10(7-9-11)14-15-16(19-17(20)23-15)18-12-4-2-3-5-13(12)22-14/h2-9,14-15H,1H3,(H,18,19,20). The third-order valence-electron chi connectivity index (χ3n) is 3.81. The molecular formula is C17H14N2O3S. The van der Waals surface area contributed by atoms with Gasteiger partial charge >= 0.3 is 0 Å². The molecule has 2 aromatic carbocycles. The summed E-state index contributed by atoms with van der Waals surface area (Å²) < 4.78 is 11.4. The van der Waals surface area contributed by atoms with Crippen LogP contribution >= 0.6 is 11.8 Å². The van der Waals surface area contributed by atoms with E-state index in [2.05, 4.69) is 10.3 Å². The Balaban J connectivity index is 1.79. The number of nitrogens with zero attached hydrogens (tertiary/aromatic N) is 1. The summed E-state index contributed by atoms with van der Waals surface area (Å²) in [5.74, 6) is 2.14. The van der Waals surface area contributed by atoms with Gasteiger partial charge in [0.1, 0.15) is 34.4 Å². The molecule has 1 fully saturated rings. The van der Waals surface area contributed by atoms with Crippen molar-refractivity contribution in [3.05, 3.63) is 54.1 Å². The second-order valence-electron chi connectivity index (χ2n) is 5.23. The predicted octanol–water partition coefficient (Wildman–Crippen LogP) is 3.68. The maximum Gasteiger partial charge on any atom is 0.285 e. The lowest BCUT2D eigenvalue weighted by atomic mass is 10.1. The third kappa shape index (κ3) is 2.55. The number of hydrogen-bond acceptors (Lipinski definition) is 5. The van der Waals surface area contributed by atoms with E-state index < -0.39 is 0 Å². The Morgan fingerprint density at radius 3 is 2.74 bits per heavy atom. The molecule has 0 spiro atoms. The lowest BCUT2D eigenvalue weighted by Gasteiger charge is -2.22. The van der Waals surface area contributed by atoms with Gasteiger partial charge in [0.15, 0.2) is 0 Å². The smallest absolute Gasteiger partial charge is 0.285 e. The minimum Gasteiger partial charge on any atom is -0.497 e. The number of fused-ring (bicyclic) bond motifs is 2. The van der Waals surface area contributed by atoms with Crippen LogP contribution in [0.5, 0.6) is 11.5 Å². The molecule has 0 aromatic heterocycles. The Bertz CT molecular complexity index is 789. The molecule has 4 rings (SSSR count).